The summed E-state index contributed by atoms with van der Waals surface area (Å²) in [5.41, 5.74) is 1.85. The number of benzene rings is 1. The number of aryl methyl sites for hydroxylation is 1. The summed E-state index contributed by atoms with van der Waals surface area (Å²) in [5.74, 6) is 1.21. The molecule has 1 aliphatic rings. The third kappa shape index (κ3) is 4.88. The Morgan fingerprint density at radius 3 is 2.75 bits per heavy atom. The Hall–Kier alpha value is -2.45. The van der Waals surface area contributed by atoms with Crippen molar-refractivity contribution < 1.29 is 14.3 Å². The van der Waals surface area contributed by atoms with Gasteiger partial charge in [-0.1, -0.05) is 0 Å². The molecule has 1 atom stereocenters. The third-order valence-corrected chi connectivity index (χ3v) is 4.91. The van der Waals surface area contributed by atoms with Crippen molar-refractivity contribution in [3.8, 4) is 11.4 Å². The van der Waals surface area contributed by atoms with Gasteiger partial charge in [-0.2, -0.15) is 9.90 Å². The van der Waals surface area contributed by atoms with Gasteiger partial charge in [0.15, 0.2) is 5.69 Å². The smallest absolute Gasteiger partial charge is 0.276 e. The minimum atomic E-state index is -0.0379. The minimum Gasteiger partial charge on any atom is -0.491 e. The number of nitrogens with one attached hydrogen (secondary N) is 1. The molecule has 0 unspecified atom stereocenters. The van der Waals surface area contributed by atoms with Crippen LogP contribution in [0.4, 0.5) is 0 Å². The second kappa shape index (κ2) is 9.66. The standard InChI is InChI=1S/C20H29N5O3/c1-15-19(20(26)24-10-4-5-16(14-24)13-21-2)23-25(22-15)17-6-8-18(9-7-17)28-12-11-27-3/h6-9,16,21H,4-5,10-14H2,1-3H3/t16-/m0/s1. The summed E-state index contributed by atoms with van der Waals surface area (Å²) in [4.78, 5) is 16.4. The molecule has 3 rings (SSSR count). The Labute approximate surface area is 165 Å². The molecular weight excluding hydrogens is 358 g/mol. The molecule has 0 spiro atoms. The van der Waals surface area contributed by atoms with E-state index in [1.54, 1.807) is 7.11 Å². The number of amides is 1. The van der Waals surface area contributed by atoms with Crippen molar-refractivity contribution in [1.82, 2.24) is 25.2 Å². The number of hydrogen-bond donors (Lipinski definition) is 1. The lowest BCUT2D eigenvalue weighted by Crippen LogP contribution is -2.42. The van der Waals surface area contributed by atoms with Crippen molar-refractivity contribution in [2.75, 3.05) is 47.0 Å². The summed E-state index contributed by atoms with van der Waals surface area (Å²) in [5, 5.41) is 12.1. The van der Waals surface area contributed by atoms with E-state index in [-0.39, 0.29) is 5.91 Å². The summed E-state index contributed by atoms with van der Waals surface area (Å²) in [6, 6.07) is 7.47. The zero-order chi connectivity index (χ0) is 19.9. The second-order valence-corrected chi connectivity index (χ2v) is 7.08. The van der Waals surface area contributed by atoms with Crippen LogP contribution in [0.3, 0.4) is 0 Å². The molecule has 8 nitrogen and oxygen atoms in total. The molecule has 2 heterocycles. The quantitative estimate of drug-likeness (QED) is 0.694. The van der Waals surface area contributed by atoms with Crippen LogP contribution in [0.25, 0.3) is 5.69 Å². The van der Waals surface area contributed by atoms with Crippen LogP contribution >= 0.6 is 0 Å². The fourth-order valence-corrected chi connectivity index (χ4v) is 3.47. The molecule has 1 saturated heterocycles. The molecule has 1 aromatic heterocycles. The van der Waals surface area contributed by atoms with Crippen LogP contribution in [-0.4, -0.2) is 72.8 Å². The van der Waals surface area contributed by atoms with Gasteiger partial charge in [0, 0.05) is 20.2 Å². The van der Waals surface area contributed by atoms with Crippen LogP contribution in [-0.2, 0) is 4.74 Å². The van der Waals surface area contributed by atoms with Gasteiger partial charge in [0.05, 0.1) is 18.0 Å². The fourth-order valence-electron chi connectivity index (χ4n) is 3.47. The monoisotopic (exact) mass is 387 g/mol. The highest BCUT2D eigenvalue weighted by atomic mass is 16.5. The van der Waals surface area contributed by atoms with E-state index < -0.39 is 0 Å². The number of aromatic nitrogens is 3. The first kappa shape index (κ1) is 20.3. The zero-order valence-corrected chi connectivity index (χ0v) is 16.9. The van der Waals surface area contributed by atoms with Crippen molar-refractivity contribution in [3.63, 3.8) is 0 Å². The first-order valence-electron chi connectivity index (χ1n) is 9.72. The Morgan fingerprint density at radius 1 is 1.25 bits per heavy atom. The fraction of sp³-hybridized carbons (Fsp3) is 0.550. The maximum atomic E-state index is 13.0. The summed E-state index contributed by atoms with van der Waals surface area (Å²) >= 11 is 0. The Morgan fingerprint density at radius 2 is 2.04 bits per heavy atom. The summed E-state index contributed by atoms with van der Waals surface area (Å²) in [7, 11) is 3.59. The number of methoxy groups -OCH3 is 1. The molecule has 1 aromatic carbocycles. The molecule has 0 radical (unpaired) electrons. The van der Waals surface area contributed by atoms with Crippen LogP contribution in [0.1, 0.15) is 29.0 Å². The van der Waals surface area contributed by atoms with E-state index in [1.165, 1.54) is 4.80 Å². The van der Waals surface area contributed by atoms with Crippen LogP contribution in [0.15, 0.2) is 24.3 Å². The van der Waals surface area contributed by atoms with Crippen LogP contribution in [0, 0.1) is 12.8 Å². The van der Waals surface area contributed by atoms with Gasteiger partial charge in [-0.15, -0.1) is 5.10 Å². The number of rotatable bonds is 8. The normalized spacial score (nSPS) is 17.0. The SMILES string of the molecule is CNC[C@@H]1CCCN(C(=O)c2nn(-c3ccc(OCCOC)cc3)nc2C)C1. The predicted molar refractivity (Wildman–Crippen MR) is 106 cm³/mol. The van der Waals surface area contributed by atoms with E-state index in [0.29, 0.717) is 30.5 Å². The number of carbonyl (C=O) groups is 1. The lowest BCUT2D eigenvalue weighted by Gasteiger charge is -2.32. The van der Waals surface area contributed by atoms with Crippen molar-refractivity contribution >= 4 is 5.91 Å². The number of hydrogen-bond acceptors (Lipinski definition) is 6. The van der Waals surface area contributed by atoms with E-state index in [9.17, 15) is 4.79 Å². The van der Waals surface area contributed by atoms with Crippen molar-refractivity contribution in [2.24, 2.45) is 5.92 Å². The molecule has 152 valence electrons. The highest BCUT2D eigenvalue weighted by Gasteiger charge is 2.27. The van der Waals surface area contributed by atoms with E-state index >= 15 is 0 Å². The Kier molecular flexibility index (Phi) is 7.00. The lowest BCUT2D eigenvalue weighted by molar-refractivity contribution is 0.0667. The van der Waals surface area contributed by atoms with Gasteiger partial charge in [-0.3, -0.25) is 4.79 Å². The average molecular weight is 387 g/mol. The minimum absolute atomic E-state index is 0.0379. The first-order valence-corrected chi connectivity index (χ1v) is 9.72. The van der Waals surface area contributed by atoms with Gasteiger partial charge < -0.3 is 19.7 Å². The largest absolute Gasteiger partial charge is 0.491 e. The molecule has 1 amide bonds. The molecule has 0 aliphatic carbocycles. The van der Waals surface area contributed by atoms with Gasteiger partial charge >= 0.3 is 0 Å². The number of piperidine rings is 1. The maximum absolute atomic E-state index is 13.0. The van der Waals surface area contributed by atoms with E-state index in [2.05, 4.69) is 15.5 Å². The number of ether oxygens (including phenoxy) is 2. The van der Waals surface area contributed by atoms with Crippen LogP contribution < -0.4 is 10.1 Å². The molecule has 0 bridgehead atoms. The number of nitrogens with zero attached hydrogens (tertiary/aromatic N) is 4. The molecule has 2 aromatic rings. The molecule has 1 fully saturated rings. The van der Waals surface area contributed by atoms with Crippen molar-refractivity contribution in [2.45, 2.75) is 19.8 Å². The molecule has 1 aliphatic heterocycles. The van der Waals surface area contributed by atoms with Crippen LogP contribution in [0.2, 0.25) is 0 Å². The maximum Gasteiger partial charge on any atom is 0.276 e. The highest BCUT2D eigenvalue weighted by Crippen LogP contribution is 2.20. The molecule has 28 heavy (non-hydrogen) atoms. The number of carbonyl (C=O) groups excluding carboxylic acids is 1. The highest BCUT2D eigenvalue weighted by molar-refractivity contribution is 5.93. The summed E-state index contributed by atoms with van der Waals surface area (Å²) < 4.78 is 10.5. The summed E-state index contributed by atoms with van der Waals surface area (Å²) in [6.45, 7) is 5.33. The molecule has 8 heteroatoms. The van der Waals surface area contributed by atoms with E-state index in [1.807, 2.05) is 43.1 Å². The third-order valence-electron chi connectivity index (χ3n) is 4.91. The van der Waals surface area contributed by atoms with Crippen LogP contribution in [0.5, 0.6) is 5.75 Å². The molecular formula is C20H29N5O3. The Balaban J connectivity index is 1.69. The zero-order valence-electron chi connectivity index (χ0n) is 16.9. The molecule has 1 N–H and O–H groups in total. The van der Waals surface area contributed by atoms with Gasteiger partial charge in [0.2, 0.25) is 0 Å². The van der Waals surface area contributed by atoms with Crippen molar-refractivity contribution in [3.05, 3.63) is 35.7 Å². The Bertz CT molecular complexity index is 773. The van der Waals surface area contributed by atoms with Crippen molar-refractivity contribution in [1.29, 1.82) is 0 Å². The number of likely N-dealkylation sites (tertiary alicyclic amines) is 1. The van der Waals surface area contributed by atoms with Gasteiger partial charge in [0.1, 0.15) is 12.4 Å². The summed E-state index contributed by atoms with van der Waals surface area (Å²) in [6.07, 6.45) is 2.17. The second-order valence-electron chi connectivity index (χ2n) is 7.08. The van der Waals surface area contributed by atoms with Gasteiger partial charge in [0.25, 0.3) is 5.91 Å². The first-order chi connectivity index (χ1) is 13.6. The topological polar surface area (TPSA) is 81.5 Å². The lowest BCUT2D eigenvalue weighted by atomic mass is 9.98. The predicted octanol–water partition coefficient (Wildman–Crippen LogP) is 1.67. The average Bonchev–Trinajstić information content (AvgIpc) is 3.10. The van der Waals surface area contributed by atoms with Gasteiger partial charge in [-0.25, -0.2) is 0 Å². The van der Waals surface area contributed by atoms with E-state index in [0.717, 1.165) is 43.9 Å². The molecule has 0 saturated carbocycles. The van der Waals surface area contributed by atoms with Gasteiger partial charge in [-0.05, 0) is 63.5 Å². The van der Waals surface area contributed by atoms with E-state index in [4.69, 9.17) is 9.47 Å².